The Balaban J connectivity index is 2.05. The van der Waals surface area contributed by atoms with Gasteiger partial charge in [0.1, 0.15) is 0 Å². The SMILES string of the molecule is CCc1ccc(C2CC(NC)C2C)cc1. The topological polar surface area (TPSA) is 12.0 Å². The molecule has 0 heterocycles. The normalized spacial score (nSPS) is 29.9. The Morgan fingerprint density at radius 1 is 1.27 bits per heavy atom. The van der Waals surface area contributed by atoms with Gasteiger partial charge in [0.25, 0.3) is 0 Å². The number of hydrogen-bond acceptors (Lipinski definition) is 1. The maximum atomic E-state index is 3.37. The van der Waals surface area contributed by atoms with Crippen LogP contribution in [0.15, 0.2) is 24.3 Å². The van der Waals surface area contributed by atoms with Crippen molar-refractivity contribution < 1.29 is 0 Å². The van der Waals surface area contributed by atoms with Crippen molar-refractivity contribution in [1.82, 2.24) is 5.32 Å². The molecule has 82 valence electrons. The Morgan fingerprint density at radius 2 is 1.93 bits per heavy atom. The van der Waals surface area contributed by atoms with E-state index in [2.05, 4.69) is 50.5 Å². The lowest BCUT2D eigenvalue weighted by Gasteiger charge is -2.43. The zero-order valence-electron chi connectivity index (χ0n) is 9.96. The van der Waals surface area contributed by atoms with E-state index in [0.717, 1.165) is 24.3 Å². The maximum Gasteiger partial charge on any atom is 0.0101 e. The molecule has 1 saturated carbocycles. The first-order valence-corrected chi connectivity index (χ1v) is 6.02. The third-order valence-electron chi connectivity index (χ3n) is 3.96. The monoisotopic (exact) mass is 203 g/mol. The quantitative estimate of drug-likeness (QED) is 0.796. The second-order valence-corrected chi connectivity index (χ2v) is 4.69. The minimum absolute atomic E-state index is 0.723. The zero-order chi connectivity index (χ0) is 10.8. The molecule has 3 atom stereocenters. The van der Waals surface area contributed by atoms with Gasteiger partial charge in [-0.05, 0) is 42.9 Å². The molecule has 0 aliphatic heterocycles. The summed E-state index contributed by atoms with van der Waals surface area (Å²) in [5.41, 5.74) is 2.96. The molecule has 0 amide bonds. The third kappa shape index (κ3) is 1.93. The van der Waals surface area contributed by atoms with Crippen molar-refractivity contribution >= 4 is 0 Å². The van der Waals surface area contributed by atoms with E-state index in [4.69, 9.17) is 0 Å². The van der Waals surface area contributed by atoms with Gasteiger partial charge in [-0.2, -0.15) is 0 Å². The molecule has 1 nitrogen and oxygen atoms in total. The van der Waals surface area contributed by atoms with Gasteiger partial charge in [0.05, 0.1) is 0 Å². The highest BCUT2D eigenvalue weighted by Crippen LogP contribution is 2.42. The minimum atomic E-state index is 0.723. The van der Waals surface area contributed by atoms with Crippen LogP contribution in [0.1, 0.15) is 37.3 Å². The van der Waals surface area contributed by atoms with Crippen LogP contribution in [-0.4, -0.2) is 13.1 Å². The number of nitrogens with one attached hydrogen (secondary N) is 1. The Morgan fingerprint density at radius 3 is 2.40 bits per heavy atom. The average molecular weight is 203 g/mol. The Labute approximate surface area is 92.9 Å². The third-order valence-corrected chi connectivity index (χ3v) is 3.96. The van der Waals surface area contributed by atoms with Crippen molar-refractivity contribution in [2.24, 2.45) is 5.92 Å². The molecule has 3 unspecified atom stereocenters. The van der Waals surface area contributed by atoms with Crippen LogP contribution in [0, 0.1) is 5.92 Å². The summed E-state index contributed by atoms with van der Waals surface area (Å²) in [5.74, 6) is 1.55. The zero-order valence-corrected chi connectivity index (χ0v) is 9.96. The lowest BCUT2D eigenvalue weighted by molar-refractivity contribution is 0.194. The molecule has 0 radical (unpaired) electrons. The van der Waals surface area contributed by atoms with Crippen molar-refractivity contribution in [3.05, 3.63) is 35.4 Å². The van der Waals surface area contributed by atoms with Crippen molar-refractivity contribution in [1.29, 1.82) is 0 Å². The minimum Gasteiger partial charge on any atom is -0.317 e. The summed E-state index contributed by atoms with van der Waals surface area (Å²) in [5, 5.41) is 3.37. The first-order valence-electron chi connectivity index (χ1n) is 6.02. The van der Waals surface area contributed by atoms with Gasteiger partial charge in [-0.1, -0.05) is 38.1 Å². The molecule has 0 aromatic heterocycles. The molecule has 0 bridgehead atoms. The fourth-order valence-corrected chi connectivity index (χ4v) is 2.61. The van der Waals surface area contributed by atoms with Crippen LogP contribution in [0.4, 0.5) is 0 Å². The molecule has 1 N–H and O–H groups in total. The van der Waals surface area contributed by atoms with Crippen LogP contribution in [0.3, 0.4) is 0 Å². The number of rotatable bonds is 3. The average Bonchev–Trinajstić information content (AvgIpc) is 2.28. The van der Waals surface area contributed by atoms with Crippen LogP contribution in [0.25, 0.3) is 0 Å². The molecule has 1 aliphatic carbocycles. The summed E-state index contributed by atoms with van der Waals surface area (Å²) in [6.07, 6.45) is 2.43. The van der Waals surface area contributed by atoms with E-state index in [-0.39, 0.29) is 0 Å². The van der Waals surface area contributed by atoms with Gasteiger partial charge >= 0.3 is 0 Å². The Kier molecular flexibility index (Phi) is 3.11. The summed E-state index contributed by atoms with van der Waals surface area (Å²) < 4.78 is 0. The van der Waals surface area contributed by atoms with Crippen molar-refractivity contribution in [3.63, 3.8) is 0 Å². The predicted molar refractivity (Wildman–Crippen MR) is 65.2 cm³/mol. The van der Waals surface area contributed by atoms with Gasteiger partial charge < -0.3 is 5.32 Å². The van der Waals surface area contributed by atoms with Gasteiger partial charge in [-0.15, -0.1) is 0 Å². The predicted octanol–water partition coefficient (Wildman–Crippen LogP) is 2.96. The van der Waals surface area contributed by atoms with Crippen LogP contribution in [0.2, 0.25) is 0 Å². The standard InChI is InChI=1S/C14H21N/c1-4-11-5-7-12(8-6-11)13-9-14(15-3)10(13)2/h5-8,10,13-15H,4,9H2,1-3H3. The number of aryl methyl sites for hydroxylation is 1. The molecule has 1 aromatic carbocycles. The van der Waals surface area contributed by atoms with Crippen molar-refractivity contribution in [3.8, 4) is 0 Å². The van der Waals surface area contributed by atoms with Crippen LogP contribution in [-0.2, 0) is 6.42 Å². The van der Waals surface area contributed by atoms with E-state index in [0.29, 0.717) is 0 Å². The lowest BCUT2D eigenvalue weighted by Crippen LogP contribution is -2.46. The smallest absolute Gasteiger partial charge is 0.0101 e. The van der Waals surface area contributed by atoms with Crippen molar-refractivity contribution in [2.75, 3.05) is 7.05 Å². The second-order valence-electron chi connectivity index (χ2n) is 4.69. The highest BCUT2D eigenvalue weighted by atomic mass is 14.9. The highest BCUT2D eigenvalue weighted by molar-refractivity contribution is 5.28. The molecule has 1 aliphatic rings. The van der Waals surface area contributed by atoms with Crippen LogP contribution < -0.4 is 5.32 Å². The van der Waals surface area contributed by atoms with Gasteiger partial charge in [-0.25, -0.2) is 0 Å². The first-order chi connectivity index (χ1) is 7.26. The largest absolute Gasteiger partial charge is 0.317 e. The fraction of sp³-hybridized carbons (Fsp3) is 0.571. The molecule has 1 aromatic rings. The van der Waals surface area contributed by atoms with E-state index in [9.17, 15) is 0 Å². The van der Waals surface area contributed by atoms with E-state index in [1.54, 1.807) is 0 Å². The molecule has 1 fully saturated rings. The van der Waals surface area contributed by atoms with E-state index in [1.165, 1.54) is 17.5 Å². The van der Waals surface area contributed by atoms with Gasteiger partial charge in [0.15, 0.2) is 0 Å². The van der Waals surface area contributed by atoms with Gasteiger partial charge in [0.2, 0.25) is 0 Å². The molecule has 0 spiro atoms. The molecular weight excluding hydrogens is 182 g/mol. The number of hydrogen-bond donors (Lipinski definition) is 1. The molecule has 0 saturated heterocycles. The fourth-order valence-electron chi connectivity index (χ4n) is 2.61. The summed E-state index contributed by atoms with van der Waals surface area (Å²) in [7, 11) is 2.07. The molecule has 1 heteroatoms. The summed E-state index contributed by atoms with van der Waals surface area (Å²) >= 11 is 0. The molecular formula is C14H21N. The van der Waals surface area contributed by atoms with Crippen LogP contribution >= 0.6 is 0 Å². The Hall–Kier alpha value is -0.820. The maximum absolute atomic E-state index is 3.37. The molecule has 2 rings (SSSR count). The summed E-state index contributed by atoms with van der Waals surface area (Å²) in [6.45, 7) is 4.56. The molecule has 15 heavy (non-hydrogen) atoms. The van der Waals surface area contributed by atoms with Gasteiger partial charge in [0, 0.05) is 6.04 Å². The second kappa shape index (κ2) is 4.36. The van der Waals surface area contributed by atoms with Gasteiger partial charge in [-0.3, -0.25) is 0 Å². The summed E-state index contributed by atoms with van der Waals surface area (Å²) in [6, 6.07) is 9.89. The van der Waals surface area contributed by atoms with Crippen molar-refractivity contribution in [2.45, 2.75) is 38.6 Å². The van der Waals surface area contributed by atoms with Crippen LogP contribution in [0.5, 0.6) is 0 Å². The highest BCUT2D eigenvalue weighted by Gasteiger charge is 2.37. The van der Waals surface area contributed by atoms with E-state index >= 15 is 0 Å². The summed E-state index contributed by atoms with van der Waals surface area (Å²) in [4.78, 5) is 0. The van der Waals surface area contributed by atoms with E-state index in [1.807, 2.05) is 0 Å². The number of benzene rings is 1. The van der Waals surface area contributed by atoms with E-state index < -0.39 is 0 Å². The first kappa shape index (κ1) is 10.7. The Bertz CT molecular complexity index is 315. The lowest BCUT2D eigenvalue weighted by atomic mass is 9.67.